The molecule has 3 aromatic rings. The predicted octanol–water partition coefficient (Wildman–Crippen LogP) is 1.92. The minimum Gasteiger partial charge on any atom is -0.394 e. The van der Waals surface area contributed by atoms with Gasteiger partial charge in [0, 0.05) is 17.5 Å². The molecule has 2 amide bonds. The van der Waals surface area contributed by atoms with Crippen molar-refractivity contribution in [3.8, 4) is 0 Å². The molecule has 146 valence electrons. The number of nitrogens with one attached hydrogen (secondary N) is 2. The topological polar surface area (TPSA) is 106 Å². The second-order valence-electron chi connectivity index (χ2n) is 6.66. The number of hydrogen-bond donors (Lipinski definition) is 4. The highest BCUT2D eigenvalue weighted by molar-refractivity contribution is 7.22. The standard InChI is InChI=1S/C19H18ClN3O4S/c20-16-7-11-6-13(22-18(11)28-16)17(26)21-14-5-10-3-1-2-4-15(10)23(19(14)27)8-12(25)9-24/h1-4,6-7,12,14,22,24-25H,5,8-9H2,(H,21,26)/t12-,14-/m0/s1. The van der Waals surface area contributed by atoms with Crippen LogP contribution < -0.4 is 10.2 Å². The van der Waals surface area contributed by atoms with Gasteiger partial charge in [-0.15, -0.1) is 11.3 Å². The Labute approximate surface area is 169 Å². The summed E-state index contributed by atoms with van der Waals surface area (Å²) in [4.78, 5) is 30.9. The molecule has 3 heterocycles. The van der Waals surface area contributed by atoms with Crippen LogP contribution in [-0.2, 0) is 11.2 Å². The number of thiophene rings is 1. The zero-order chi connectivity index (χ0) is 19.8. The number of H-pyrrole nitrogens is 1. The van der Waals surface area contributed by atoms with Crippen LogP contribution in [0.1, 0.15) is 16.1 Å². The SMILES string of the molecule is O=C(N[C@H]1Cc2ccccc2N(C[C@H](O)CO)C1=O)c1cc2cc(Cl)sc2[nH]1. The third-order valence-electron chi connectivity index (χ3n) is 4.70. The average Bonchev–Trinajstić information content (AvgIpc) is 3.22. The number of aliphatic hydroxyl groups excluding tert-OH is 2. The van der Waals surface area contributed by atoms with Gasteiger partial charge >= 0.3 is 0 Å². The van der Waals surface area contributed by atoms with Gasteiger partial charge in [0.1, 0.15) is 16.6 Å². The second-order valence-corrected chi connectivity index (χ2v) is 8.35. The fourth-order valence-electron chi connectivity index (χ4n) is 3.38. The van der Waals surface area contributed by atoms with Crippen molar-refractivity contribution < 1.29 is 19.8 Å². The first-order valence-electron chi connectivity index (χ1n) is 8.73. The van der Waals surface area contributed by atoms with Crippen LogP contribution in [0, 0.1) is 0 Å². The molecule has 7 nitrogen and oxygen atoms in total. The van der Waals surface area contributed by atoms with E-state index in [1.165, 1.54) is 16.2 Å². The Kier molecular flexibility index (Phi) is 5.11. The first-order chi connectivity index (χ1) is 13.5. The number of aliphatic hydroxyl groups is 2. The third kappa shape index (κ3) is 3.51. The third-order valence-corrected chi connectivity index (χ3v) is 5.90. The molecule has 1 aromatic carbocycles. The monoisotopic (exact) mass is 419 g/mol. The van der Waals surface area contributed by atoms with E-state index in [9.17, 15) is 14.7 Å². The van der Waals surface area contributed by atoms with Crippen LogP contribution in [0.15, 0.2) is 36.4 Å². The summed E-state index contributed by atoms with van der Waals surface area (Å²) in [6.45, 7) is -0.500. The number of β-amino-alcohol motifs (C(OH)–C–C–N with tert-alkyl or cyclic N) is 1. The van der Waals surface area contributed by atoms with Crippen molar-refractivity contribution in [3.05, 3.63) is 52.0 Å². The Hall–Kier alpha value is -2.39. The number of aromatic amines is 1. The largest absolute Gasteiger partial charge is 0.394 e. The van der Waals surface area contributed by atoms with Gasteiger partial charge in [0.25, 0.3) is 5.91 Å². The van der Waals surface area contributed by atoms with Gasteiger partial charge in [-0.2, -0.15) is 0 Å². The predicted molar refractivity (Wildman–Crippen MR) is 108 cm³/mol. The van der Waals surface area contributed by atoms with Crippen LogP contribution in [0.5, 0.6) is 0 Å². The summed E-state index contributed by atoms with van der Waals surface area (Å²) in [5, 5.41) is 22.6. The molecule has 0 bridgehead atoms. The fourth-order valence-corrected chi connectivity index (χ4v) is 4.51. The van der Waals surface area contributed by atoms with E-state index < -0.39 is 18.8 Å². The van der Waals surface area contributed by atoms with Gasteiger partial charge in [0.05, 0.1) is 23.6 Å². The summed E-state index contributed by atoms with van der Waals surface area (Å²) in [6.07, 6.45) is -0.709. The molecule has 0 unspecified atom stereocenters. The molecule has 1 aliphatic heterocycles. The first kappa shape index (κ1) is 18.9. The fraction of sp³-hybridized carbons (Fsp3) is 0.263. The highest BCUT2D eigenvalue weighted by atomic mass is 35.5. The van der Waals surface area contributed by atoms with Crippen molar-refractivity contribution in [2.45, 2.75) is 18.6 Å². The number of amides is 2. The number of nitrogens with zero attached hydrogens (tertiary/aromatic N) is 1. The second kappa shape index (κ2) is 7.56. The number of hydrogen-bond acceptors (Lipinski definition) is 5. The number of para-hydroxylation sites is 1. The first-order valence-corrected chi connectivity index (χ1v) is 9.93. The van der Waals surface area contributed by atoms with E-state index in [2.05, 4.69) is 10.3 Å². The van der Waals surface area contributed by atoms with E-state index in [1.807, 2.05) is 12.1 Å². The zero-order valence-electron chi connectivity index (χ0n) is 14.7. The van der Waals surface area contributed by atoms with Gasteiger partial charge in [0.2, 0.25) is 5.91 Å². The minimum atomic E-state index is -1.06. The molecular weight excluding hydrogens is 402 g/mol. The lowest BCUT2D eigenvalue weighted by atomic mass is 9.96. The summed E-state index contributed by atoms with van der Waals surface area (Å²) in [5.41, 5.74) is 1.92. The maximum atomic E-state index is 13.0. The number of fused-ring (bicyclic) bond motifs is 2. The number of carbonyl (C=O) groups excluding carboxylic acids is 2. The lowest BCUT2D eigenvalue weighted by Crippen LogP contribution is -2.54. The maximum Gasteiger partial charge on any atom is 0.268 e. The van der Waals surface area contributed by atoms with Gasteiger partial charge in [-0.05, 0) is 23.8 Å². The van der Waals surface area contributed by atoms with Crippen molar-refractivity contribution in [1.82, 2.24) is 10.3 Å². The molecule has 0 saturated carbocycles. The molecule has 0 aliphatic carbocycles. The van der Waals surface area contributed by atoms with Crippen LogP contribution in [0.4, 0.5) is 5.69 Å². The molecule has 2 aromatic heterocycles. The van der Waals surface area contributed by atoms with Gasteiger partial charge in [-0.3, -0.25) is 9.59 Å². The Morgan fingerprint density at radius 1 is 1.39 bits per heavy atom. The molecule has 1 aliphatic rings. The number of benzene rings is 1. The molecule has 0 radical (unpaired) electrons. The number of rotatable bonds is 5. The minimum absolute atomic E-state index is 0.0462. The van der Waals surface area contributed by atoms with Gasteiger partial charge < -0.3 is 25.4 Å². The van der Waals surface area contributed by atoms with E-state index in [1.54, 1.807) is 24.3 Å². The average molecular weight is 420 g/mol. The van der Waals surface area contributed by atoms with Crippen LogP contribution in [0.2, 0.25) is 4.34 Å². The van der Waals surface area contributed by atoms with Gasteiger partial charge in [-0.1, -0.05) is 29.8 Å². The van der Waals surface area contributed by atoms with Crippen LogP contribution in [0.25, 0.3) is 10.2 Å². The molecule has 28 heavy (non-hydrogen) atoms. The quantitative estimate of drug-likeness (QED) is 0.507. The van der Waals surface area contributed by atoms with E-state index in [4.69, 9.17) is 16.7 Å². The van der Waals surface area contributed by atoms with Crippen LogP contribution >= 0.6 is 22.9 Å². The summed E-state index contributed by atoms with van der Waals surface area (Å²) < 4.78 is 0.630. The molecule has 4 N–H and O–H groups in total. The molecule has 0 fully saturated rings. The highest BCUT2D eigenvalue weighted by Gasteiger charge is 2.34. The maximum absolute atomic E-state index is 13.0. The van der Waals surface area contributed by atoms with E-state index in [-0.39, 0.29) is 18.4 Å². The lowest BCUT2D eigenvalue weighted by Gasteiger charge is -2.35. The number of carbonyl (C=O) groups is 2. The van der Waals surface area contributed by atoms with Crippen LogP contribution in [-0.4, -0.2) is 52.3 Å². The lowest BCUT2D eigenvalue weighted by molar-refractivity contribution is -0.121. The van der Waals surface area contributed by atoms with Crippen molar-refractivity contribution in [2.75, 3.05) is 18.1 Å². The molecule has 2 atom stereocenters. The van der Waals surface area contributed by atoms with Crippen LogP contribution in [0.3, 0.4) is 0 Å². The number of halogens is 1. The normalized spacial score (nSPS) is 17.6. The van der Waals surface area contributed by atoms with Gasteiger partial charge in [-0.25, -0.2) is 0 Å². The van der Waals surface area contributed by atoms with E-state index >= 15 is 0 Å². The van der Waals surface area contributed by atoms with E-state index in [0.717, 1.165) is 15.8 Å². The van der Waals surface area contributed by atoms with Crippen molar-refractivity contribution in [3.63, 3.8) is 0 Å². The smallest absolute Gasteiger partial charge is 0.268 e. The van der Waals surface area contributed by atoms with Crippen molar-refractivity contribution in [2.24, 2.45) is 0 Å². The number of aromatic nitrogens is 1. The summed E-state index contributed by atoms with van der Waals surface area (Å²) in [6, 6.07) is 10.0. The summed E-state index contributed by atoms with van der Waals surface area (Å²) in [7, 11) is 0. The van der Waals surface area contributed by atoms with E-state index in [0.29, 0.717) is 22.1 Å². The summed E-state index contributed by atoms with van der Waals surface area (Å²) in [5.74, 6) is -0.712. The zero-order valence-corrected chi connectivity index (χ0v) is 16.3. The Bertz CT molecular complexity index is 1020. The summed E-state index contributed by atoms with van der Waals surface area (Å²) >= 11 is 7.30. The Morgan fingerprint density at radius 2 is 2.18 bits per heavy atom. The van der Waals surface area contributed by atoms with Crippen molar-refractivity contribution >= 4 is 50.7 Å². The molecule has 4 rings (SSSR count). The Balaban J connectivity index is 1.57. The molecule has 0 saturated heterocycles. The Morgan fingerprint density at radius 3 is 2.93 bits per heavy atom. The molecular formula is C19H18ClN3O4S. The highest BCUT2D eigenvalue weighted by Crippen LogP contribution is 2.30. The van der Waals surface area contributed by atoms with Crippen molar-refractivity contribution in [1.29, 1.82) is 0 Å². The van der Waals surface area contributed by atoms with Gasteiger partial charge in [0.15, 0.2) is 0 Å². The number of anilines is 1. The molecule has 0 spiro atoms. The molecule has 9 heteroatoms.